The zero-order valence-corrected chi connectivity index (χ0v) is 8.98. The van der Waals surface area contributed by atoms with Crippen LogP contribution in [0.3, 0.4) is 0 Å². The highest BCUT2D eigenvalue weighted by Crippen LogP contribution is 2.26. The lowest BCUT2D eigenvalue weighted by atomic mass is 9.90. The lowest BCUT2D eigenvalue weighted by Crippen LogP contribution is -2.21. The van der Waals surface area contributed by atoms with E-state index >= 15 is 0 Å². The third kappa shape index (κ3) is 2.95. The number of allylic oxidation sites excluding steroid dienone is 1. The maximum atomic E-state index is 10.4. The maximum absolute atomic E-state index is 10.4. The minimum atomic E-state index is -0.991. The van der Waals surface area contributed by atoms with Crippen LogP contribution in [0.5, 0.6) is 0 Å². The SMILES string of the molecule is C=C=CC(O)(C/C=C\C)c1ccccc1. The highest BCUT2D eigenvalue weighted by atomic mass is 16.3. The minimum Gasteiger partial charge on any atom is -0.380 e. The summed E-state index contributed by atoms with van der Waals surface area (Å²) >= 11 is 0. The molecule has 0 heterocycles. The van der Waals surface area contributed by atoms with E-state index in [9.17, 15) is 5.11 Å². The van der Waals surface area contributed by atoms with Gasteiger partial charge in [0.2, 0.25) is 0 Å². The Morgan fingerprint density at radius 1 is 1.40 bits per heavy atom. The summed E-state index contributed by atoms with van der Waals surface area (Å²) in [7, 11) is 0. The van der Waals surface area contributed by atoms with Crippen LogP contribution in [-0.2, 0) is 5.60 Å². The molecule has 1 heteroatoms. The first kappa shape index (κ1) is 11.5. The molecular formula is C14H16O. The Balaban J connectivity index is 3.06. The van der Waals surface area contributed by atoms with Crippen molar-refractivity contribution in [3.8, 4) is 0 Å². The van der Waals surface area contributed by atoms with Gasteiger partial charge in [-0.15, -0.1) is 5.73 Å². The summed E-state index contributed by atoms with van der Waals surface area (Å²) < 4.78 is 0. The van der Waals surface area contributed by atoms with Crippen molar-refractivity contribution in [3.05, 3.63) is 66.4 Å². The van der Waals surface area contributed by atoms with E-state index in [0.717, 1.165) is 5.56 Å². The topological polar surface area (TPSA) is 20.2 Å². The normalized spacial score (nSPS) is 14.5. The molecule has 1 unspecified atom stereocenters. The summed E-state index contributed by atoms with van der Waals surface area (Å²) in [6.45, 7) is 5.45. The van der Waals surface area contributed by atoms with E-state index in [1.807, 2.05) is 49.4 Å². The largest absolute Gasteiger partial charge is 0.380 e. The van der Waals surface area contributed by atoms with E-state index < -0.39 is 5.60 Å². The third-order valence-corrected chi connectivity index (χ3v) is 2.28. The van der Waals surface area contributed by atoms with Crippen LogP contribution < -0.4 is 0 Å². The molecule has 1 nitrogen and oxygen atoms in total. The van der Waals surface area contributed by atoms with Gasteiger partial charge in [-0.25, -0.2) is 0 Å². The average molecular weight is 200 g/mol. The van der Waals surface area contributed by atoms with Crippen molar-refractivity contribution in [2.45, 2.75) is 18.9 Å². The molecule has 0 amide bonds. The summed E-state index contributed by atoms with van der Waals surface area (Å²) in [5, 5.41) is 10.4. The van der Waals surface area contributed by atoms with E-state index in [2.05, 4.69) is 12.3 Å². The monoisotopic (exact) mass is 200 g/mol. The Kier molecular flexibility index (Phi) is 4.11. The van der Waals surface area contributed by atoms with Crippen molar-refractivity contribution in [1.29, 1.82) is 0 Å². The van der Waals surface area contributed by atoms with Crippen molar-refractivity contribution in [3.63, 3.8) is 0 Å². The molecule has 1 rings (SSSR count). The van der Waals surface area contributed by atoms with E-state index in [1.165, 1.54) is 0 Å². The summed E-state index contributed by atoms with van der Waals surface area (Å²) in [5.41, 5.74) is 2.53. The predicted octanol–water partition coefficient (Wildman–Crippen LogP) is 3.18. The highest BCUT2D eigenvalue weighted by Gasteiger charge is 2.23. The number of aliphatic hydroxyl groups is 1. The Hall–Kier alpha value is -1.56. The van der Waals surface area contributed by atoms with Crippen molar-refractivity contribution in [1.82, 2.24) is 0 Å². The zero-order chi connectivity index (χ0) is 11.1. The van der Waals surface area contributed by atoms with Gasteiger partial charge < -0.3 is 5.11 Å². The van der Waals surface area contributed by atoms with Crippen LogP contribution in [0.4, 0.5) is 0 Å². The third-order valence-electron chi connectivity index (χ3n) is 2.28. The summed E-state index contributed by atoms with van der Waals surface area (Å²) in [4.78, 5) is 0. The Morgan fingerprint density at radius 2 is 2.07 bits per heavy atom. The first-order chi connectivity index (χ1) is 7.23. The van der Waals surface area contributed by atoms with Gasteiger partial charge in [0.15, 0.2) is 0 Å². The van der Waals surface area contributed by atoms with Crippen molar-refractivity contribution >= 4 is 0 Å². The number of rotatable bonds is 4. The quantitative estimate of drug-likeness (QED) is 0.584. The number of hydrogen-bond donors (Lipinski definition) is 1. The molecule has 1 N–H and O–H groups in total. The van der Waals surface area contributed by atoms with Crippen LogP contribution in [0.2, 0.25) is 0 Å². The molecule has 0 saturated carbocycles. The molecule has 0 aliphatic carbocycles. The van der Waals surface area contributed by atoms with Gasteiger partial charge >= 0.3 is 0 Å². The zero-order valence-electron chi connectivity index (χ0n) is 8.98. The van der Waals surface area contributed by atoms with Crippen molar-refractivity contribution in [2.24, 2.45) is 0 Å². The predicted molar refractivity (Wildman–Crippen MR) is 63.5 cm³/mol. The second-order valence-electron chi connectivity index (χ2n) is 3.41. The average Bonchev–Trinajstić information content (AvgIpc) is 2.28. The molecular weight excluding hydrogens is 184 g/mol. The smallest absolute Gasteiger partial charge is 0.118 e. The molecule has 0 aliphatic rings. The van der Waals surface area contributed by atoms with Gasteiger partial charge in [-0.2, -0.15) is 0 Å². The molecule has 0 fully saturated rings. The van der Waals surface area contributed by atoms with Gasteiger partial charge in [-0.3, -0.25) is 0 Å². The van der Waals surface area contributed by atoms with E-state index in [1.54, 1.807) is 6.08 Å². The summed E-state index contributed by atoms with van der Waals surface area (Å²) in [5.74, 6) is 0. The van der Waals surface area contributed by atoms with Gasteiger partial charge in [-0.05, 0) is 18.6 Å². The molecule has 1 aromatic rings. The van der Waals surface area contributed by atoms with Gasteiger partial charge in [-0.1, -0.05) is 49.1 Å². The van der Waals surface area contributed by atoms with Crippen LogP contribution >= 0.6 is 0 Å². The maximum Gasteiger partial charge on any atom is 0.118 e. The fraction of sp³-hybridized carbons (Fsp3) is 0.214. The molecule has 0 spiro atoms. The number of hydrogen-bond acceptors (Lipinski definition) is 1. The van der Waals surface area contributed by atoms with Crippen LogP contribution in [-0.4, -0.2) is 5.11 Å². The molecule has 0 radical (unpaired) electrons. The Labute approximate surface area is 91.1 Å². The molecule has 78 valence electrons. The standard InChI is InChI=1S/C14H16O/c1-3-5-12-14(15,11-4-2)13-9-7-6-8-10-13/h3,5-11,15H,2,12H2,1H3/b5-3-. The second kappa shape index (κ2) is 5.35. The molecule has 15 heavy (non-hydrogen) atoms. The van der Waals surface area contributed by atoms with E-state index in [-0.39, 0.29) is 0 Å². The minimum absolute atomic E-state index is 0.538. The highest BCUT2D eigenvalue weighted by molar-refractivity contribution is 5.28. The van der Waals surface area contributed by atoms with Gasteiger partial charge in [0.05, 0.1) is 0 Å². The Bertz CT molecular complexity index is 372. The van der Waals surface area contributed by atoms with Crippen LogP contribution in [0.15, 0.2) is 60.9 Å². The Morgan fingerprint density at radius 3 is 2.60 bits per heavy atom. The molecule has 0 aromatic heterocycles. The van der Waals surface area contributed by atoms with Crippen molar-refractivity contribution in [2.75, 3.05) is 0 Å². The van der Waals surface area contributed by atoms with Gasteiger partial charge in [0.25, 0.3) is 0 Å². The summed E-state index contributed by atoms with van der Waals surface area (Å²) in [6, 6.07) is 9.55. The lowest BCUT2D eigenvalue weighted by Gasteiger charge is -2.22. The van der Waals surface area contributed by atoms with E-state index in [4.69, 9.17) is 0 Å². The fourth-order valence-electron chi connectivity index (χ4n) is 1.45. The van der Waals surface area contributed by atoms with E-state index in [0.29, 0.717) is 6.42 Å². The first-order valence-corrected chi connectivity index (χ1v) is 4.99. The van der Waals surface area contributed by atoms with Crippen LogP contribution in [0, 0.1) is 0 Å². The molecule has 1 aromatic carbocycles. The van der Waals surface area contributed by atoms with Crippen LogP contribution in [0.25, 0.3) is 0 Å². The van der Waals surface area contributed by atoms with Gasteiger partial charge in [0.1, 0.15) is 5.60 Å². The molecule has 0 saturated heterocycles. The van der Waals surface area contributed by atoms with Gasteiger partial charge in [0, 0.05) is 6.42 Å². The lowest BCUT2D eigenvalue weighted by molar-refractivity contribution is 0.0930. The van der Waals surface area contributed by atoms with Crippen LogP contribution in [0.1, 0.15) is 18.9 Å². The number of benzene rings is 1. The fourth-order valence-corrected chi connectivity index (χ4v) is 1.45. The second-order valence-corrected chi connectivity index (χ2v) is 3.41. The molecule has 0 bridgehead atoms. The summed E-state index contributed by atoms with van der Waals surface area (Å²) in [6.07, 6.45) is 5.99. The molecule has 1 atom stereocenters. The van der Waals surface area contributed by atoms with Crippen molar-refractivity contribution < 1.29 is 5.11 Å². The first-order valence-electron chi connectivity index (χ1n) is 4.99. The molecule has 0 aliphatic heterocycles.